The molecule has 2 aliphatic carbocycles. The number of amides is 1. The van der Waals surface area contributed by atoms with E-state index in [-0.39, 0.29) is 35.7 Å². The Morgan fingerprint density at radius 2 is 1.88 bits per heavy atom. The Bertz CT molecular complexity index is 749. The van der Waals surface area contributed by atoms with Gasteiger partial charge in [0.05, 0.1) is 0 Å². The zero-order valence-corrected chi connectivity index (χ0v) is 15.1. The summed E-state index contributed by atoms with van der Waals surface area (Å²) < 4.78 is 0. The minimum atomic E-state index is -0.150. The lowest BCUT2D eigenvalue weighted by Crippen LogP contribution is -2.35. The van der Waals surface area contributed by atoms with Gasteiger partial charge in [0, 0.05) is 23.9 Å². The van der Waals surface area contributed by atoms with E-state index >= 15 is 0 Å². The van der Waals surface area contributed by atoms with Crippen molar-refractivity contribution in [3.05, 3.63) is 71.3 Å². The van der Waals surface area contributed by atoms with Crippen molar-refractivity contribution in [3.8, 4) is 0 Å². The highest BCUT2D eigenvalue weighted by molar-refractivity contribution is 5.85. The van der Waals surface area contributed by atoms with Crippen molar-refractivity contribution in [3.63, 3.8) is 0 Å². The maximum absolute atomic E-state index is 12.7. The normalized spacial score (nSPS) is 24.8. The van der Waals surface area contributed by atoms with E-state index in [2.05, 4.69) is 29.6 Å². The van der Waals surface area contributed by atoms with Gasteiger partial charge in [-0.05, 0) is 42.4 Å². The van der Waals surface area contributed by atoms with Gasteiger partial charge < -0.3 is 11.1 Å². The molecule has 2 aliphatic rings. The SMILES string of the molecule is Cl.NC(CNC(=O)C1CC12CCCc1ccccc12)c1ccccc1. The summed E-state index contributed by atoms with van der Waals surface area (Å²) in [4.78, 5) is 12.7. The second kappa shape index (κ2) is 7.19. The first-order valence-electron chi connectivity index (χ1n) is 8.87. The Balaban J connectivity index is 0.00000182. The summed E-state index contributed by atoms with van der Waals surface area (Å²) in [6.45, 7) is 0.497. The Morgan fingerprint density at radius 3 is 2.68 bits per heavy atom. The highest BCUT2D eigenvalue weighted by atomic mass is 35.5. The zero-order valence-electron chi connectivity index (χ0n) is 14.3. The number of nitrogens with two attached hydrogens (primary N) is 1. The molecule has 0 bridgehead atoms. The molecule has 0 heterocycles. The van der Waals surface area contributed by atoms with Crippen molar-refractivity contribution in [2.24, 2.45) is 11.7 Å². The number of benzene rings is 2. The van der Waals surface area contributed by atoms with E-state index in [4.69, 9.17) is 5.73 Å². The molecule has 0 aromatic heterocycles. The van der Waals surface area contributed by atoms with Gasteiger partial charge in [-0.15, -0.1) is 12.4 Å². The number of carbonyl (C=O) groups excluding carboxylic acids is 1. The first kappa shape index (κ1) is 18.0. The van der Waals surface area contributed by atoms with Crippen LogP contribution in [0, 0.1) is 5.92 Å². The highest BCUT2D eigenvalue weighted by Crippen LogP contribution is 2.60. The lowest BCUT2D eigenvalue weighted by atomic mass is 9.78. The number of hydrogen-bond donors (Lipinski definition) is 2. The summed E-state index contributed by atoms with van der Waals surface area (Å²) in [6, 6.07) is 18.4. The molecule has 1 amide bonds. The average Bonchev–Trinajstić information content (AvgIpc) is 3.35. The topological polar surface area (TPSA) is 55.1 Å². The van der Waals surface area contributed by atoms with Crippen LogP contribution in [0.25, 0.3) is 0 Å². The van der Waals surface area contributed by atoms with Gasteiger partial charge >= 0.3 is 0 Å². The number of rotatable bonds is 4. The minimum absolute atomic E-state index is 0. The van der Waals surface area contributed by atoms with E-state index in [9.17, 15) is 4.79 Å². The molecule has 25 heavy (non-hydrogen) atoms. The van der Waals surface area contributed by atoms with E-state index in [0.29, 0.717) is 6.54 Å². The molecular weight excluding hydrogens is 332 g/mol. The molecule has 3 atom stereocenters. The molecule has 1 fully saturated rings. The second-order valence-electron chi connectivity index (χ2n) is 7.19. The Labute approximate surface area is 155 Å². The summed E-state index contributed by atoms with van der Waals surface area (Å²) in [5.41, 5.74) is 10.2. The van der Waals surface area contributed by atoms with Crippen LogP contribution in [0.3, 0.4) is 0 Å². The van der Waals surface area contributed by atoms with Gasteiger partial charge in [-0.1, -0.05) is 54.6 Å². The molecule has 0 saturated heterocycles. The van der Waals surface area contributed by atoms with Crippen LogP contribution in [-0.2, 0) is 16.6 Å². The summed E-state index contributed by atoms with van der Waals surface area (Å²) in [5, 5.41) is 3.08. The molecule has 3 unspecified atom stereocenters. The molecular formula is C21H25ClN2O. The Hall–Kier alpha value is -1.84. The van der Waals surface area contributed by atoms with Crippen LogP contribution in [0.15, 0.2) is 54.6 Å². The standard InChI is InChI=1S/C21H24N2O.ClH/c22-19(16-8-2-1-3-9-16)14-23-20(24)18-13-21(18)12-6-10-15-7-4-5-11-17(15)21;/h1-5,7-9,11,18-19H,6,10,12-14,22H2,(H,23,24);1H. The third kappa shape index (κ3) is 3.31. The average molecular weight is 357 g/mol. The summed E-state index contributed by atoms with van der Waals surface area (Å²) in [6.07, 6.45) is 4.44. The molecule has 1 spiro atoms. The lowest BCUT2D eigenvalue weighted by Gasteiger charge is -2.26. The van der Waals surface area contributed by atoms with Crippen LogP contribution in [0.5, 0.6) is 0 Å². The van der Waals surface area contributed by atoms with Crippen molar-refractivity contribution >= 4 is 18.3 Å². The molecule has 0 radical (unpaired) electrons. The lowest BCUT2D eigenvalue weighted by molar-refractivity contribution is -0.122. The Kier molecular flexibility index (Phi) is 5.16. The Morgan fingerprint density at radius 1 is 1.16 bits per heavy atom. The summed E-state index contributed by atoms with van der Waals surface area (Å²) in [7, 11) is 0. The molecule has 0 aliphatic heterocycles. The molecule has 4 rings (SSSR count). The largest absolute Gasteiger partial charge is 0.354 e. The molecule has 2 aromatic rings. The molecule has 132 valence electrons. The van der Waals surface area contributed by atoms with Crippen LogP contribution in [0.1, 0.15) is 42.0 Å². The number of fused-ring (bicyclic) bond motifs is 2. The smallest absolute Gasteiger partial charge is 0.224 e. The maximum Gasteiger partial charge on any atom is 0.224 e. The number of carbonyl (C=O) groups is 1. The van der Waals surface area contributed by atoms with E-state index in [0.717, 1.165) is 24.8 Å². The monoisotopic (exact) mass is 356 g/mol. The van der Waals surface area contributed by atoms with Gasteiger partial charge in [0.1, 0.15) is 0 Å². The van der Waals surface area contributed by atoms with Crippen molar-refractivity contribution in [2.75, 3.05) is 6.54 Å². The molecule has 3 nitrogen and oxygen atoms in total. The number of halogens is 1. The van der Waals surface area contributed by atoms with Crippen LogP contribution < -0.4 is 11.1 Å². The second-order valence-corrected chi connectivity index (χ2v) is 7.19. The number of nitrogens with one attached hydrogen (secondary N) is 1. The van der Waals surface area contributed by atoms with Gasteiger partial charge in [-0.2, -0.15) is 0 Å². The van der Waals surface area contributed by atoms with E-state index < -0.39 is 0 Å². The molecule has 3 N–H and O–H groups in total. The van der Waals surface area contributed by atoms with Gasteiger partial charge in [-0.25, -0.2) is 0 Å². The highest BCUT2D eigenvalue weighted by Gasteiger charge is 2.59. The fraction of sp³-hybridized carbons (Fsp3) is 0.381. The van der Waals surface area contributed by atoms with Crippen molar-refractivity contribution in [1.82, 2.24) is 5.32 Å². The van der Waals surface area contributed by atoms with Crippen LogP contribution in [-0.4, -0.2) is 12.5 Å². The van der Waals surface area contributed by atoms with Crippen LogP contribution in [0.4, 0.5) is 0 Å². The van der Waals surface area contributed by atoms with E-state index in [1.54, 1.807) is 0 Å². The zero-order chi connectivity index (χ0) is 16.6. The first-order valence-corrected chi connectivity index (χ1v) is 8.87. The van der Waals surface area contributed by atoms with Crippen LogP contribution >= 0.6 is 12.4 Å². The number of hydrogen-bond acceptors (Lipinski definition) is 2. The fourth-order valence-corrected chi connectivity index (χ4v) is 4.33. The van der Waals surface area contributed by atoms with Gasteiger partial charge in [0.15, 0.2) is 0 Å². The quantitative estimate of drug-likeness (QED) is 0.880. The molecule has 4 heteroatoms. The van der Waals surface area contributed by atoms with Gasteiger partial charge in [-0.3, -0.25) is 4.79 Å². The van der Waals surface area contributed by atoms with Crippen molar-refractivity contribution in [1.29, 1.82) is 0 Å². The fourth-order valence-electron chi connectivity index (χ4n) is 4.33. The minimum Gasteiger partial charge on any atom is -0.354 e. The van der Waals surface area contributed by atoms with Gasteiger partial charge in [0.2, 0.25) is 5.91 Å². The maximum atomic E-state index is 12.7. The predicted molar refractivity (Wildman–Crippen MR) is 103 cm³/mol. The van der Waals surface area contributed by atoms with E-state index in [1.807, 2.05) is 30.3 Å². The number of aryl methyl sites for hydroxylation is 1. The van der Waals surface area contributed by atoms with Crippen molar-refractivity contribution < 1.29 is 4.79 Å². The third-order valence-corrected chi connectivity index (χ3v) is 5.74. The molecule has 1 saturated carbocycles. The van der Waals surface area contributed by atoms with Crippen LogP contribution in [0.2, 0.25) is 0 Å². The molecule has 2 aromatic carbocycles. The van der Waals surface area contributed by atoms with E-state index in [1.165, 1.54) is 17.5 Å². The third-order valence-electron chi connectivity index (χ3n) is 5.74. The summed E-state index contributed by atoms with van der Waals surface area (Å²) in [5.74, 6) is 0.278. The van der Waals surface area contributed by atoms with Gasteiger partial charge in [0.25, 0.3) is 0 Å². The first-order chi connectivity index (χ1) is 11.7. The predicted octanol–water partition coefficient (Wildman–Crippen LogP) is 3.52. The van der Waals surface area contributed by atoms with Crippen molar-refractivity contribution in [2.45, 2.75) is 37.1 Å². The summed E-state index contributed by atoms with van der Waals surface area (Å²) >= 11 is 0.